The summed E-state index contributed by atoms with van der Waals surface area (Å²) < 4.78 is 5.03. The van der Waals surface area contributed by atoms with E-state index in [2.05, 4.69) is 22.5 Å². The molecule has 0 aliphatic carbocycles. The first-order valence-corrected chi connectivity index (χ1v) is 10.5. The number of hydrogen-bond acceptors (Lipinski definition) is 4. The maximum Gasteiger partial charge on any atom is 0.338 e. The summed E-state index contributed by atoms with van der Waals surface area (Å²) in [6, 6.07) is 6.21. The highest BCUT2D eigenvalue weighted by Gasteiger charge is 2.19. The topological polar surface area (TPSA) is 53.6 Å². The molecule has 0 amide bonds. The van der Waals surface area contributed by atoms with Crippen LogP contribution < -0.4 is 10.6 Å². The number of nitrogens with one attached hydrogen (secondary N) is 2. The van der Waals surface area contributed by atoms with Gasteiger partial charge in [0.2, 0.25) is 0 Å². The van der Waals surface area contributed by atoms with E-state index in [1.54, 1.807) is 13.0 Å². The van der Waals surface area contributed by atoms with Gasteiger partial charge in [0, 0.05) is 24.8 Å². The quantitative estimate of drug-likeness (QED) is 0.395. The van der Waals surface area contributed by atoms with Crippen molar-refractivity contribution in [1.29, 1.82) is 0 Å². The molecule has 2 rings (SSSR count). The van der Waals surface area contributed by atoms with Gasteiger partial charge in [-0.1, -0.05) is 13.3 Å². The van der Waals surface area contributed by atoms with Crippen molar-refractivity contribution < 1.29 is 9.53 Å². The van der Waals surface area contributed by atoms with Gasteiger partial charge in [0.15, 0.2) is 5.11 Å². The number of carbonyl (C=O) groups excluding carboxylic acids is 1. The lowest BCUT2D eigenvalue weighted by Crippen LogP contribution is -2.41. The van der Waals surface area contributed by atoms with E-state index in [4.69, 9.17) is 17.0 Å². The van der Waals surface area contributed by atoms with E-state index in [9.17, 15) is 4.79 Å². The first-order valence-electron chi connectivity index (χ1n) is 10.1. The minimum atomic E-state index is -0.295. The number of piperidine rings is 1. The molecule has 150 valence electrons. The number of nitrogens with zero attached hydrogens (tertiary/aromatic N) is 1. The molecule has 5 nitrogen and oxygen atoms in total. The van der Waals surface area contributed by atoms with Crippen molar-refractivity contribution in [2.24, 2.45) is 0 Å². The van der Waals surface area contributed by atoms with E-state index in [0.29, 0.717) is 17.3 Å². The van der Waals surface area contributed by atoms with Crippen molar-refractivity contribution in [2.45, 2.75) is 58.9 Å². The minimum Gasteiger partial charge on any atom is -0.462 e. The molecule has 2 N–H and O–H groups in total. The zero-order valence-electron chi connectivity index (χ0n) is 16.8. The molecule has 6 heteroatoms. The predicted octanol–water partition coefficient (Wildman–Crippen LogP) is 4.11. The smallest absolute Gasteiger partial charge is 0.338 e. The van der Waals surface area contributed by atoms with Gasteiger partial charge in [-0.05, 0) is 82.1 Å². The average molecular weight is 392 g/mol. The van der Waals surface area contributed by atoms with Gasteiger partial charge >= 0.3 is 5.97 Å². The molecule has 1 atom stereocenters. The minimum absolute atomic E-state index is 0.295. The average Bonchev–Trinajstić information content (AvgIpc) is 2.67. The molecule has 0 radical (unpaired) electrons. The van der Waals surface area contributed by atoms with Crippen molar-refractivity contribution in [2.75, 3.05) is 31.6 Å². The highest BCUT2D eigenvalue weighted by Crippen LogP contribution is 2.19. The van der Waals surface area contributed by atoms with Crippen molar-refractivity contribution in [1.82, 2.24) is 10.2 Å². The van der Waals surface area contributed by atoms with Crippen molar-refractivity contribution in [3.8, 4) is 0 Å². The van der Waals surface area contributed by atoms with Gasteiger partial charge in [-0.15, -0.1) is 0 Å². The molecule has 27 heavy (non-hydrogen) atoms. The standard InChI is InChI=1S/C21H33N3O2S/c1-4-18-9-6-7-13-24(18)14-8-12-22-21(27)23-19-11-10-17(15-16(19)3)20(25)26-5-2/h10-11,15,18H,4-9,12-14H2,1-3H3,(H2,22,23,27)/t18-/m1/s1. The van der Waals surface area contributed by atoms with Crippen LogP contribution in [-0.4, -0.2) is 48.3 Å². The van der Waals surface area contributed by atoms with Crippen LogP contribution in [-0.2, 0) is 4.74 Å². The summed E-state index contributed by atoms with van der Waals surface area (Å²) in [5.74, 6) is -0.295. The van der Waals surface area contributed by atoms with Crippen LogP contribution in [0.5, 0.6) is 0 Å². The molecule has 0 unspecified atom stereocenters. The molecular formula is C21H33N3O2S. The second kappa shape index (κ2) is 11.2. The third kappa shape index (κ3) is 6.78. The monoisotopic (exact) mass is 391 g/mol. The second-order valence-electron chi connectivity index (χ2n) is 7.08. The fraction of sp³-hybridized carbons (Fsp3) is 0.619. The fourth-order valence-electron chi connectivity index (χ4n) is 3.61. The lowest BCUT2D eigenvalue weighted by atomic mass is 10.00. The summed E-state index contributed by atoms with van der Waals surface area (Å²) in [5.41, 5.74) is 2.43. The number of benzene rings is 1. The zero-order valence-corrected chi connectivity index (χ0v) is 17.7. The van der Waals surface area contributed by atoms with Crippen LogP contribution in [0.3, 0.4) is 0 Å². The molecule has 0 aromatic heterocycles. The van der Waals surface area contributed by atoms with Gasteiger partial charge in [0.25, 0.3) is 0 Å². The van der Waals surface area contributed by atoms with E-state index < -0.39 is 0 Å². The number of hydrogen-bond donors (Lipinski definition) is 2. The summed E-state index contributed by atoms with van der Waals surface area (Å²) in [6.07, 6.45) is 6.36. The summed E-state index contributed by atoms with van der Waals surface area (Å²) >= 11 is 5.41. The summed E-state index contributed by atoms with van der Waals surface area (Å²) in [4.78, 5) is 14.4. The van der Waals surface area contributed by atoms with E-state index in [1.807, 2.05) is 19.1 Å². The third-order valence-electron chi connectivity index (χ3n) is 5.11. The number of thiocarbonyl (C=S) groups is 1. The number of likely N-dealkylation sites (tertiary alicyclic amines) is 1. The van der Waals surface area contributed by atoms with Crippen LogP contribution in [0, 0.1) is 6.92 Å². The molecule has 1 aliphatic rings. The van der Waals surface area contributed by atoms with E-state index in [0.717, 1.165) is 36.8 Å². The highest BCUT2D eigenvalue weighted by atomic mass is 32.1. The maximum absolute atomic E-state index is 11.8. The van der Waals surface area contributed by atoms with Crippen LogP contribution in [0.25, 0.3) is 0 Å². The van der Waals surface area contributed by atoms with Gasteiger partial charge in [-0.2, -0.15) is 0 Å². The zero-order chi connectivity index (χ0) is 19.6. The summed E-state index contributed by atoms with van der Waals surface area (Å²) in [5, 5.41) is 7.13. The maximum atomic E-state index is 11.8. The van der Waals surface area contributed by atoms with Crippen LogP contribution >= 0.6 is 12.2 Å². The van der Waals surface area contributed by atoms with E-state index in [-0.39, 0.29) is 5.97 Å². The van der Waals surface area contributed by atoms with Crippen LogP contribution in [0.15, 0.2) is 18.2 Å². The SMILES string of the molecule is CCOC(=O)c1ccc(NC(=S)NCCCN2CCCC[C@H]2CC)c(C)c1. The molecule has 0 spiro atoms. The number of rotatable bonds is 8. The lowest BCUT2D eigenvalue weighted by Gasteiger charge is -2.35. The van der Waals surface area contributed by atoms with E-state index in [1.165, 1.54) is 32.2 Å². The fourth-order valence-corrected chi connectivity index (χ4v) is 3.82. The van der Waals surface area contributed by atoms with Crippen LogP contribution in [0.2, 0.25) is 0 Å². The summed E-state index contributed by atoms with van der Waals surface area (Å²) in [6.45, 7) is 9.64. The second-order valence-corrected chi connectivity index (χ2v) is 7.49. The molecule has 1 aromatic rings. The number of ether oxygens (including phenoxy) is 1. The largest absolute Gasteiger partial charge is 0.462 e. The first-order chi connectivity index (χ1) is 13.0. The molecule has 1 aromatic carbocycles. The number of esters is 1. The molecule has 1 fully saturated rings. The van der Waals surface area contributed by atoms with Crippen molar-refractivity contribution in [3.63, 3.8) is 0 Å². The molecular weight excluding hydrogens is 358 g/mol. The Labute approximate surface area is 168 Å². The Hall–Kier alpha value is -1.66. The molecule has 1 aliphatic heterocycles. The van der Waals surface area contributed by atoms with Crippen LogP contribution in [0.4, 0.5) is 5.69 Å². The van der Waals surface area contributed by atoms with Gasteiger partial charge in [-0.25, -0.2) is 4.79 Å². The third-order valence-corrected chi connectivity index (χ3v) is 5.36. The molecule has 1 heterocycles. The van der Waals surface area contributed by atoms with Crippen molar-refractivity contribution >= 4 is 29.0 Å². The van der Waals surface area contributed by atoms with Crippen LogP contribution in [0.1, 0.15) is 61.9 Å². The number of aryl methyl sites for hydroxylation is 1. The Kier molecular flexibility index (Phi) is 9.01. The molecule has 0 saturated carbocycles. The molecule has 0 bridgehead atoms. The Morgan fingerprint density at radius 1 is 1.33 bits per heavy atom. The highest BCUT2D eigenvalue weighted by molar-refractivity contribution is 7.80. The predicted molar refractivity (Wildman–Crippen MR) is 115 cm³/mol. The Morgan fingerprint density at radius 2 is 2.15 bits per heavy atom. The summed E-state index contributed by atoms with van der Waals surface area (Å²) in [7, 11) is 0. The van der Waals surface area contributed by atoms with Gasteiger partial charge in [0.1, 0.15) is 0 Å². The number of carbonyl (C=O) groups is 1. The van der Waals surface area contributed by atoms with Gasteiger partial charge in [0.05, 0.1) is 12.2 Å². The van der Waals surface area contributed by atoms with Gasteiger partial charge < -0.3 is 20.3 Å². The van der Waals surface area contributed by atoms with Gasteiger partial charge in [-0.3, -0.25) is 0 Å². The lowest BCUT2D eigenvalue weighted by molar-refractivity contribution is 0.0526. The Morgan fingerprint density at radius 3 is 2.85 bits per heavy atom. The van der Waals surface area contributed by atoms with E-state index >= 15 is 0 Å². The Balaban J connectivity index is 1.74. The first kappa shape index (κ1) is 21.6. The normalized spacial score (nSPS) is 17.4. The molecule has 1 saturated heterocycles. The number of anilines is 1. The Bertz CT molecular complexity index is 636. The van der Waals surface area contributed by atoms with Crippen molar-refractivity contribution in [3.05, 3.63) is 29.3 Å².